The first kappa shape index (κ1) is 10.5. The zero-order valence-corrected chi connectivity index (χ0v) is 9.11. The van der Waals surface area contributed by atoms with Crippen LogP contribution in [0.1, 0.15) is 0 Å². The van der Waals surface area contributed by atoms with Crippen LogP contribution >= 0.6 is 7.94 Å². The van der Waals surface area contributed by atoms with Crippen LogP contribution in [0.2, 0.25) is 0 Å². The normalized spacial score (nSPS) is 12.5. The van der Waals surface area contributed by atoms with Gasteiger partial charge in [-0.25, -0.2) is 0 Å². The predicted molar refractivity (Wildman–Crippen MR) is 55.3 cm³/mol. The van der Waals surface area contributed by atoms with Gasteiger partial charge in [0.05, 0.1) is 0 Å². The molecular formula is C9H15O3P. The summed E-state index contributed by atoms with van der Waals surface area (Å²) in [5, 5.41) is 0. The minimum absolute atomic E-state index is 0.778. The number of rotatable bonds is 4. The molecule has 1 aromatic carbocycles. The second kappa shape index (κ2) is 4.56. The van der Waals surface area contributed by atoms with E-state index >= 15 is 0 Å². The van der Waals surface area contributed by atoms with Crippen LogP contribution in [0.25, 0.3) is 0 Å². The molecule has 0 saturated carbocycles. The molecule has 0 saturated heterocycles. The second-order valence-corrected chi connectivity index (χ2v) is 5.43. The fourth-order valence-corrected chi connectivity index (χ4v) is 1.77. The first-order valence-electron chi connectivity index (χ1n) is 4.04. The molecule has 0 fully saturated rings. The molecule has 3 nitrogen and oxygen atoms in total. The Labute approximate surface area is 79.2 Å². The van der Waals surface area contributed by atoms with E-state index in [1.807, 2.05) is 37.0 Å². The van der Waals surface area contributed by atoms with Crippen molar-refractivity contribution in [2.75, 3.05) is 20.9 Å². The van der Waals surface area contributed by atoms with Gasteiger partial charge in [0.2, 0.25) is 0 Å². The number of para-hydroxylation sites is 1. The molecule has 0 aliphatic heterocycles. The van der Waals surface area contributed by atoms with E-state index in [9.17, 15) is 0 Å². The van der Waals surface area contributed by atoms with Gasteiger partial charge in [-0.05, 0) is 0 Å². The van der Waals surface area contributed by atoms with E-state index < -0.39 is 7.94 Å². The van der Waals surface area contributed by atoms with E-state index in [0.29, 0.717) is 0 Å². The average Bonchev–Trinajstić information content (AvgIpc) is 2.19. The molecule has 4 heteroatoms. The maximum atomic E-state index is 5.59. The van der Waals surface area contributed by atoms with Crippen molar-refractivity contribution in [1.82, 2.24) is 0 Å². The van der Waals surface area contributed by atoms with Crippen LogP contribution in [-0.2, 0) is 9.05 Å². The molecule has 74 valence electrons. The molecule has 1 rings (SSSR count). The van der Waals surface area contributed by atoms with Crippen molar-refractivity contribution in [3.8, 4) is 5.75 Å². The Hall–Kier alpha value is -0.630. The van der Waals surface area contributed by atoms with Gasteiger partial charge in [0, 0.05) is 0 Å². The minimum atomic E-state index is -2.44. The van der Waals surface area contributed by atoms with E-state index in [2.05, 4.69) is 0 Å². The van der Waals surface area contributed by atoms with Gasteiger partial charge in [0.15, 0.2) is 0 Å². The van der Waals surface area contributed by atoms with Gasteiger partial charge < -0.3 is 0 Å². The molecular weight excluding hydrogens is 187 g/mol. The Balaban J connectivity index is 2.68. The van der Waals surface area contributed by atoms with Gasteiger partial charge in [-0.3, -0.25) is 0 Å². The van der Waals surface area contributed by atoms with Gasteiger partial charge >= 0.3 is 78.5 Å². The van der Waals surface area contributed by atoms with Crippen molar-refractivity contribution in [2.45, 2.75) is 0 Å². The summed E-state index contributed by atoms with van der Waals surface area (Å²) in [6.07, 6.45) is 0. The van der Waals surface area contributed by atoms with Crippen molar-refractivity contribution >= 4 is 7.94 Å². The van der Waals surface area contributed by atoms with Crippen LogP contribution in [0.15, 0.2) is 30.3 Å². The molecule has 0 atom stereocenters. The van der Waals surface area contributed by atoms with E-state index in [-0.39, 0.29) is 0 Å². The Morgan fingerprint density at radius 3 is 2.00 bits per heavy atom. The molecule has 1 aromatic rings. The zero-order chi connectivity index (χ0) is 9.73. The molecule has 0 bridgehead atoms. The summed E-state index contributed by atoms with van der Waals surface area (Å²) in [5.74, 6) is 0.778. The van der Waals surface area contributed by atoms with E-state index in [4.69, 9.17) is 13.6 Å². The Morgan fingerprint density at radius 1 is 1.00 bits per heavy atom. The quantitative estimate of drug-likeness (QED) is 0.702. The zero-order valence-electron chi connectivity index (χ0n) is 8.11. The van der Waals surface area contributed by atoms with Crippen LogP contribution in [0.4, 0.5) is 0 Å². The summed E-state index contributed by atoms with van der Waals surface area (Å²) in [6.45, 7) is 1.85. The standard InChI is InChI=1S/C9H15O3P/c1-10-13(3,11-2)12-9-7-5-4-6-8-9/h4-8,13H,1-3H3. The van der Waals surface area contributed by atoms with Gasteiger partial charge in [0.1, 0.15) is 0 Å². The maximum absolute atomic E-state index is 5.59. The summed E-state index contributed by atoms with van der Waals surface area (Å²) in [7, 11) is 0.754. The van der Waals surface area contributed by atoms with Crippen LogP contribution in [-0.4, -0.2) is 20.9 Å². The molecule has 0 aromatic heterocycles. The molecule has 0 radical (unpaired) electrons. The molecule has 13 heavy (non-hydrogen) atoms. The molecule has 0 aliphatic carbocycles. The molecule has 0 heterocycles. The summed E-state index contributed by atoms with van der Waals surface area (Å²) in [4.78, 5) is 0. The van der Waals surface area contributed by atoms with Crippen molar-refractivity contribution in [3.05, 3.63) is 30.3 Å². The summed E-state index contributed by atoms with van der Waals surface area (Å²) in [6, 6.07) is 9.52. The second-order valence-electron chi connectivity index (χ2n) is 2.69. The summed E-state index contributed by atoms with van der Waals surface area (Å²) >= 11 is 0. The molecule has 0 spiro atoms. The fourth-order valence-electron chi connectivity index (χ4n) is 0.869. The summed E-state index contributed by atoms with van der Waals surface area (Å²) in [5.41, 5.74) is 0. The van der Waals surface area contributed by atoms with Crippen molar-refractivity contribution in [1.29, 1.82) is 0 Å². The number of hydrogen-bond donors (Lipinski definition) is 0. The molecule has 0 N–H and O–H groups in total. The van der Waals surface area contributed by atoms with Crippen LogP contribution in [0.5, 0.6) is 5.75 Å². The van der Waals surface area contributed by atoms with Gasteiger partial charge in [-0.1, -0.05) is 0 Å². The average molecular weight is 202 g/mol. The Bertz CT molecular complexity index is 246. The van der Waals surface area contributed by atoms with E-state index in [0.717, 1.165) is 5.75 Å². The van der Waals surface area contributed by atoms with Crippen LogP contribution < -0.4 is 4.52 Å². The van der Waals surface area contributed by atoms with Gasteiger partial charge in [-0.2, -0.15) is 0 Å². The van der Waals surface area contributed by atoms with E-state index in [1.54, 1.807) is 14.2 Å². The van der Waals surface area contributed by atoms with Crippen molar-refractivity contribution < 1.29 is 13.6 Å². The number of hydrogen-bond acceptors (Lipinski definition) is 3. The predicted octanol–water partition coefficient (Wildman–Crippen LogP) is 2.48. The third-order valence-corrected chi connectivity index (χ3v) is 3.88. The van der Waals surface area contributed by atoms with Gasteiger partial charge in [0.25, 0.3) is 0 Å². The first-order chi connectivity index (χ1) is 6.20. The Morgan fingerprint density at radius 2 is 1.54 bits per heavy atom. The topological polar surface area (TPSA) is 27.7 Å². The van der Waals surface area contributed by atoms with Gasteiger partial charge in [-0.15, -0.1) is 0 Å². The van der Waals surface area contributed by atoms with Crippen molar-refractivity contribution in [3.63, 3.8) is 0 Å². The fraction of sp³-hybridized carbons (Fsp3) is 0.333. The van der Waals surface area contributed by atoms with Crippen LogP contribution in [0.3, 0.4) is 0 Å². The summed E-state index contributed by atoms with van der Waals surface area (Å²) < 4.78 is 16.0. The molecule has 0 amide bonds. The first-order valence-corrected chi connectivity index (χ1v) is 6.27. The van der Waals surface area contributed by atoms with Crippen LogP contribution in [0, 0.1) is 0 Å². The van der Waals surface area contributed by atoms with E-state index in [1.165, 1.54) is 0 Å². The monoisotopic (exact) mass is 202 g/mol. The third-order valence-electron chi connectivity index (χ3n) is 1.79. The Kier molecular flexibility index (Phi) is 3.67. The molecule has 0 unspecified atom stereocenters. The molecule has 0 aliphatic rings. The third kappa shape index (κ3) is 2.96. The number of benzene rings is 1. The SMILES string of the molecule is CO[PH](C)(OC)Oc1ccccc1. The van der Waals surface area contributed by atoms with Crippen molar-refractivity contribution in [2.24, 2.45) is 0 Å².